The van der Waals surface area contributed by atoms with Crippen LogP contribution in [0.1, 0.15) is 22.8 Å². The van der Waals surface area contributed by atoms with Gasteiger partial charge in [-0.25, -0.2) is 0 Å². The molecule has 0 aliphatic carbocycles. The molecule has 28 heavy (non-hydrogen) atoms. The lowest BCUT2D eigenvalue weighted by Crippen LogP contribution is -2.48. The number of carbonyl (C=O) groups excluding carboxylic acids is 1. The topological polar surface area (TPSA) is 107 Å². The molecule has 1 unspecified atom stereocenters. The highest BCUT2D eigenvalue weighted by Gasteiger charge is 2.29. The summed E-state index contributed by atoms with van der Waals surface area (Å²) in [4.78, 5) is 13.9. The molecule has 0 aliphatic rings. The number of aromatic nitrogens is 3. The Labute approximate surface area is 182 Å². The van der Waals surface area contributed by atoms with Crippen molar-refractivity contribution in [3.8, 4) is 12.1 Å². The third-order valence-corrected chi connectivity index (χ3v) is 5.86. The van der Waals surface area contributed by atoms with Crippen LogP contribution in [0.4, 0.5) is 0 Å². The lowest BCUT2D eigenvalue weighted by Gasteiger charge is -2.22. The summed E-state index contributed by atoms with van der Waals surface area (Å²) >= 11 is 12.9. The van der Waals surface area contributed by atoms with E-state index in [1.807, 2.05) is 6.07 Å². The Balaban J connectivity index is 1.86. The van der Waals surface area contributed by atoms with E-state index in [0.29, 0.717) is 36.1 Å². The third-order valence-electron chi connectivity index (χ3n) is 3.92. The SMILES string of the molecule is CC(C#N)(Cn1nc2c(Br)cc(Cl)c(Br)c2n1)NC(=O)c1ccc(C#N)cc1. The lowest BCUT2D eigenvalue weighted by atomic mass is 10.0. The van der Waals surface area contributed by atoms with Gasteiger partial charge in [-0.2, -0.15) is 25.5 Å². The molecule has 0 aliphatic heterocycles. The zero-order chi connectivity index (χ0) is 20.5. The Bertz CT molecular complexity index is 1160. The van der Waals surface area contributed by atoms with E-state index in [2.05, 4.69) is 53.4 Å². The predicted molar refractivity (Wildman–Crippen MR) is 111 cm³/mol. The van der Waals surface area contributed by atoms with E-state index < -0.39 is 11.4 Å². The van der Waals surface area contributed by atoms with E-state index in [-0.39, 0.29) is 6.54 Å². The van der Waals surface area contributed by atoms with Crippen molar-refractivity contribution in [2.24, 2.45) is 0 Å². The van der Waals surface area contributed by atoms with Gasteiger partial charge in [-0.1, -0.05) is 11.6 Å². The van der Waals surface area contributed by atoms with Crippen molar-refractivity contribution in [2.45, 2.75) is 19.0 Å². The number of nitrogens with zero attached hydrogens (tertiary/aromatic N) is 5. The summed E-state index contributed by atoms with van der Waals surface area (Å²) in [5.74, 6) is -0.435. The molecular weight excluding hydrogens is 512 g/mol. The molecule has 0 saturated carbocycles. The highest BCUT2D eigenvalue weighted by atomic mass is 79.9. The first kappa shape index (κ1) is 20.3. The van der Waals surface area contributed by atoms with Gasteiger partial charge in [0.05, 0.1) is 33.7 Å². The minimum Gasteiger partial charge on any atom is -0.332 e. The lowest BCUT2D eigenvalue weighted by molar-refractivity contribution is 0.0916. The Morgan fingerprint density at radius 1 is 1.25 bits per heavy atom. The number of fused-ring (bicyclic) bond motifs is 1. The highest BCUT2D eigenvalue weighted by molar-refractivity contribution is 9.11. The first-order valence-electron chi connectivity index (χ1n) is 7.88. The van der Waals surface area contributed by atoms with Gasteiger partial charge < -0.3 is 5.32 Å². The van der Waals surface area contributed by atoms with Gasteiger partial charge >= 0.3 is 0 Å². The summed E-state index contributed by atoms with van der Waals surface area (Å²) < 4.78 is 1.26. The molecule has 1 amide bonds. The summed E-state index contributed by atoms with van der Waals surface area (Å²) in [6.07, 6.45) is 0. The van der Waals surface area contributed by atoms with Gasteiger partial charge in [-0.15, -0.1) is 0 Å². The Kier molecular flexibility index (Phi) is 5.71. The van der Waals surface area contributed by atoms with Gasteiger partial charge in [0, 0.05) is 10.0 Å². The van der Waals surface area contributed by atoms with Crippen LogP contribution >= 0.6 is 43.5 Å². The number of nitriles is 2. The van der Waals surface area contributed by atoms with Crippen molar-refractivity contribution in [2.75, 3.05) is 0 Å². The van der Waals surface area contributed by atoms with E-state index in [0.717, 1.165) is 0 Å². The molecule has 140 valence electrons. The molecule has 1 heterocycles. The van der Waals surface area contributed by atoms with Gasteiger partial charge in [-0.05, 0) is 69.1 Å². The third kappa shape index (κ3) is 4.02. The summed E-state index contributed by atoms with van der Waals surface area (Å²) in [7, 11) is 0. The van der Waals surface area contributed by atoms with Crippen LogP contribution < -0.4 is 5.32 Å². The number of hydrogen-bond acceptors (Lipinski definition) is 5. The smallest absolute Gasteiger partial charge is 0.252 e. The van der Waals surface area contributed by atoms with Crippen LogP contribution in [0.5, 0.6) is 0 Å². The summed E-state index contributed by atoms with van der Waals surface area (Å²) in [6, 6.07) is 11.9. The molecule has 3 rings (SSSR count). The monoisotopic (exact) mass is 520 g/mol. The molecule has 2 aromatic carbocycles. The zero-order valence-electron chi connectivity index (χ0n) is 14.4. The second kappa shape index (κ2) is 7.88. The Morgan fingerprint density at radius 2 is 1.89 bits per heavy atom. The van der Waals surface area contributed by atoms with Crippen molar-refractivity contribution < 1.29 is 4.79 Å². The second-order valence-corrected chi connectivity index (χ2v) is 8.22. The van der Waals surface area contributed by atoms with Crippen molar-refractivity contribution in [1.82, 2.24) is 20.3 Å². The van der Waals surface area contributed by atoms with Crippen LogP contribution in [0.25, 0.3) is 11.0 Å². The number of nitrogens with one attached hydrogen (secondary N) is 1. The first-order chi connectivity index (χ1) is 13.3. The Morgan fingerprint density at radius 3 is 2.50 bits per heavy atom. The minimum absolute atomic E-state index is 0.0245. The van der Waals surface area contributed by atoms with E-state index in [4.69, 9.17) is 16.9 Å². The molecule has 1 atom stereocenters. The van der Waals surface area contributed by atoms with Crippen molar-refractivity contribution in [1.29, 1.82) is 10.5 Å². The van der Waals surface area contributed by atoms with Crippen molar-refractivity contribution >= 4 is 60.4 Å². The zero-order valence-corrected chi connectivity index (χ0v) is 18.3. The fourth-order valence-corrected chi connectivity index (χ4v) is 3.70. The number of hydrogen-bond donors (Lipinski definition) is 1. The van der Waals surface area contributed by atoms with E-state index in [9.17, 15) is 10.1 Å². The maximum absolute atomic E-state index is 12.5. The van der Waals surface area contributed by atoms with E-state index in [1.165, 1.54) is 16.9 Å². The van der Waals surface area contributed by atoms with Crippen LogP contribution in [0.2, 0.25) is 5.02 Å². The number of halogens is 3. The molecule has 0 bridgehead atoms. The summed E-state index contributed by atoms with van der Waals surface area (Å²) in [6.45, 7) is 1.61. The molecule has 0 radical (unpaired) electrons. The maximum atomic E-state index is 12.5. The number of benzene rings is 2. The van der Waals surface area contributed by atoms with Crippen molar-refractivity contribution in [3.05, 3.63) is 55.4 Å². The maximum Gasteiger partial charge on any atom is 0.252 e. The van der Waals surface area contributed by atoms with Gasteiger partial charge in [0.2, 0.25) is 0 Å². The summed E-state index contributed by atoms with van der Waals surface area (Å²) in [5, 5.41) is 30.4. The largest absolute Gasteiger partial charge is 0.332 e. The van der Waals surface area contributed by atoms with Crippen LogP contribution in [0.15, 0.2) is 39.3 Å². The average Bonchev–Trinajstić information content (AvgIpc) is 3.10. The first-order valence-corrected chi connectivity index (χ1v) is 9.85. The van der Waals surface area contributed by atoms with E-state index >= 15 is 0 Å². The summed E-state index contributed by atoms with van der Waals surface area (Å²) in [5.41, 5.74) is 0.647. The van der Waals surface area contributed by atoms with Gasteiger partial charge in [-0.3, -0.25) is 4.79 Å². The number of amides is 1. The fraction of sp³-hybridized carbons (Fsp3) is 0.167. The van der Waals surface area contributed by atoms with Crippen LogP contribution in [-0.2, 0) is 6.54 Å². The van der Waals surface area contributed by atoms with Crippen LogP contribution in [-0.4, -0.2) is 26.4 Å². The average molecular weight is 523 g/mol. The molecular formula is C18H11Br2ClN6O. The van der Waals surface area contributed by atoms with Gasteiger partial charge in [0.1, 0.15) is 16.6 Å². The molecule has 0 saturated heterocycles. The molecule has 1 N–H and O–H groups in total. The molecule has 3 aromatic rings. The molecule has 7 nitrogen and oxygen atoms in total. The van der Waals surface area contributed by atoms with Crippen molar-refractivity contribution in [3.63, 3.8) is 0 Å². The fourth-order valence-electron chi connectivity index (χ4n) is 2.49. The van der Waals surface area contributed by atoms with Gasteiger partial charge in [0.25, 0.3) is 5.91 Å². The quantitative estimate of drug-likeness (QED) is 0.517. The Hall–Kier alpha value is -2.46. The molecule has 10 heteroatoms. The molecule has 0 fully saturated rings. The number of rotatable bonds is 4. The van der Waals surface area contributed by atoms with E-state index in [1.54, 1.807) is 25.1 Å². The normalized spacial score (nSPS) is 12.8. The van der Waals surface area contributed by atoms with Gasteiger partial charge in [0.15, 0.2) is 0 Å². The van der Waals surface area contributed by atoms with Crippen LogP contribution in [0.3, 0.4) is 0 Å². The highest BCUT2D eigenvalue weighted by Crippen LogP contribution is 2.34. The molecule has 1 aromatic heterocycles. The second-order valence-electron chi connectivity index (χ2n) is 6.17. The predicted octanol–water partition coefficient (Wildman–Crippen LogP) is 4.19. The van der Waals surface area contributed by atoms with Crippen LogP contribution in [0, 0.1) is 22.7 Å². The standard InChI is InChI=1S/C18H11Br2ClN6O/c1-18(8-23,24-17(28)11-4-2-10(7-22)3-5-11)9-27-25-15-12(19)6-13(21)14(20)16(15)26-27/h2-6H,9H2,1H3,(H,24,28). The number of carbonyl (C=O) groups is 1. The minimum atomic E-state index is -1.26. The molecule has 0 spiro atoms.